The highest BCUT2D eigenvalue weighted by molar-refractivity contribution is 5.76. The van der Waals surface area contributed by atoms with Crippen molar-refractivity contribution in [1.29, 1.82) is 0 Å². The maximum atomic E-state index is 11.7. The zero-order valence-corrected chi connectivity index (χ0v) is 12.3. The molecule has 0 aliphatic carbocycles. The van der Waals surface area contributed by atoms with Gasteiger partial charge in [0.25, 0.3) is 0 Å². The van der Waals surface area contributed by atoms with Crippen LogP contribution in [0.2, 0.25) is 0 Å². The summed E-state index contributed by atoms with van der Waals surface area (Å²) >= 11 is 0. The molecule has 0 unspecified atom stereocenters. The van der Waals surface area contributed by atoms with Gasteiger partial charge in [-0.3, -0.25) is 4.79 Å². The Morgan fingerprint density at radius 1 is 1.37 bits per heavy atom. The maximum Gasteiger partial charge on any atom is 0.220 e. The van der Waals surface area contributed by atoms with E-state index in [9.17, 15) is 4.79 Å². The summed E-state index contributed by atoms with van der Waals surface area (Å²) in [6.45, 7) is 3.58. The van der Waals surface area contributed by atoms with Crippen LogP contribution in [0.25, 0.3) is 0 Å². The minimum Gasteiger partial charge on any atom is -0.496 e. The molecule has 1 N–H and O–H groups in total. The number of nitrogens with one attached hydrogen (secondary N) is 1. The Labute approximate surface area is 115 Å². The minimum absolute atomic E-state index is 0.107. The third kappa shape index (κ3) is 5.75. The quantitative estimate of drug-likeness (QED) is 0.813. The van der Waals surface area contributed by atoms with Crippen molar-refractivity contribution in [2.75, 3.05) is 34.3 Å². The molecule has 1 aromatic rings. The number of hydrogen-bond acceptors (Lipinski definition) is 3. The summed E-state index contributed by atoms with van der Waals surface area (Å²) in [5.41, 5.74) is 2.27. The van der Waals surface area contributed by atoms with Crippen LogP contribution < -0.4 is 10.1 Å². The highest BCUT2D eigenvalue weighted by Gasteiger charge is 2.04. The molecular weight excluding hydrogens is 240 g/mol. The lowest BCUT2D eigenvalue weighted by Gasteiger charge is -2.11. The first-order valence-electron chi connectivity index (χ1n) is 6.58. The predicted octanol–water partition coefficient (Wildman–Crippen LogP) is 1.61. The number of benzene rings is 1. The molecule has 0 aliphatic rings. The molecule has 0 bridgehead atoms. The van der Waals surface area contributed by atoms with Crippen molar-refractivity contribution in [3.8, 4) is 5.75 Å². The van der Waals surface area contributed by atoms with Crippen LogP contribution in [0.3, 0.4) is 0 Å². The summed E-state index contributed by atoms with van der Waals surface area (Å²) < 4.78 is 5.22. The average molecular weight is 264 g/mol. The van der Waals surface area contributed by atoms with E-state index in [0.717, 1.165) is 24.3 Å². The van der Waals surface area contributed by atoms with Gasteiger partial charge in [0.1, 0.15) is 5.75 Å². The normalized spacial score (nSPS) is 10.6. The molecule has 106 valence electrons. The van der Waals surface area contributed by atoms with Gasteiger partial charge in [-0.05, 0) is 44.6 Å². The van der Waals surface area contributed by atoms with Gasteiger partial charge in [-0.15, -0.1) is 0 Å². The van der Waals surface area contributed by atoms with Gasteiger partial charge in [0.15, 0.2) is 0 Å². The first kappa shape index (κ1) is 15.5. The Kier molecular flexibility index (Phi) is 6.36. The molecule has 0 heterocycles. The van der Waals surface area contributed by atoms with Crippen LogP contribution in [0.5, 0.6) is 5.75 Å². The molecule has 0 fully saturated rings. The molecule has 0 spiro atoms. The Hall–Kier alpha value is -1.55. The van der Waals surface area contributed by atoms with Crippen molar-refractivity contribution in [2.45, 2.75) is 19.8 Å². The fraction of sp³-hybridized carbons (Fsp3) is 0.533. The molecule has 1 aromatic carbocycles. The number of nitrogens with zero attached hydrogens (tertiary/aromatic N) is 1. The topological polar surface area (TPSA) is 41.6 Å². The van der Waals surface area contributed by atoms with Gasteiger partial charge < -0.3 is 15.0 Å². The summed E-state index contributed by atoms with van der Waals surface area (Å²) in [5, 5.41) is 2.92. The van der Waals surface area contributed by atoms with Crippen molar-refractivity contribution in [1.82, 2.24) is 10.2 Å². The van der Waals surface area contributed by atoms with Gasteiger partial charge in [0, 0.05) is 19.5 Å². The van der Waals surface area contributed by atoms with Crippen LogP contribution in [-0.4, -0.2) is 45.1 Å². The van der Waals surface area contributed by atoms with Crippen molar-refractivity contribution in [3.63, 3.8) is 0 Å². The lowest BCUT2D eigenvalue weighted by atomic mass is 10.1. The average Bonchev–Trinajstić information content (AvgIpc) is 2.36. The van der Waals surface area contributed by atoms with Gasteiger partial charge >= 0.3 is 0 Å². The van der Waals surface area contributed by atoms with Gasteiger partial charge in [0.05, 0.1) is 7.11 Å². The SMILES string of the molecule is COc1ccc(CCC(=O)NCCN(C)C)cc1C. The first-order chi connectivity index (χ1) is 9.02. The summed E-state index contributed by atoms with van der Waals surface area (Å²) in [4.78, 5) is 13.7. The highest BCUT2D eigenvalue weighted by atomic mass is 16.5. The second-order valence-electron chi connectivity index (χ2n) is 4.96. The monoisotopic (exact) mass is 264 g/mol. The van der Waals surface area contributed by atoms with E-state index in [0.29, 0.717) is 13.0 Å². The van der Waals surface area contributed by atoms with Gasteiger partial charge in [-0.2, -0.15) is 0 Å². The number of rotatable bonds is 7. The highest BCUT2D eigenvalue weighted by Crippen LogP contribution is 2.19. The number of carbonyl (C=O) groups is 1. The molecule has 0 saturated heterocycles. The Balaban J connectivity index is 2.36. The van der Waals surface area contributed by atoms with Crippen LogP contribution in [-0.2, 0) is 11.2 Å². The fourth-order valence-corrected chi connectivity index (χ4v) is 1.86. The lowest BCUT2D eigenvalue weighted by Crippen LogP contribution is -2.31. The van der Waals surface area contributed by atoms with E-state index < -0.39 is 0 Å². The molecule has 0 saturated carbocycles. The van der Waals surface area contributed by atoms with Crippen molar-refractivity contribution in [3.05, 3.63) is 29.3 Å². The van der Waals surface area contributed by atoms with Crippen LogP contribution in [0.4, 0.5) is 0 Å². The number of carbonyl (C=O) groups excluding carboxylic acids is 1. The fourth-order valence-electron chi connectivity index (χ4n) is 1.86. The number of ether oxygens (including phenoxy) is 1. The van der Waals surface area contributed by atoms with Gasteiger partial charge in [0.2, 0.25) is 5.91 Å². The second kappa shape index (κ2) is 7.79. The largest absolute Gasteiger partial charge is 0.496 e. The first-order valence-corrected chi connectivity index (χ1v) is 6.58. The van der Waals surface area contributed by atoms with Crippen LogP contribution in [0, 0.1) is 6.92 Å². The molecule has 4 nitrogen and oxygen atoms in total. The molecule has 19 heavy (non-hydrogen) atoms. The van der Waals surface area contributed by atoms with E-state index in [1.54, 1.807) is 7.11 Å². The molecule has 0 atom stereocenters. The Morgan fingerprint density at radius 2 is 2.11 bits per heavy atom. The molecule has 0 aliphatic heterocycles. The molecule has 0 aromatic heterocycles. The van der Waals surface area contributed by atoms with Crippen molar-refractivity contribution in [2.24, 2.45) is 0 Å². The third-order valence-corrected chi connectivity index (χ3v) is 2.98. The van der Waals surface area contributed by atoms with E-state index in [1.165, 1.54) is 5.56 Å². The van der Waals surface area contributed by atoms with Crippen LogP contribution >= 0.6 is 0 Å². The van der Waals surface area contributed by atoms with E-state index in [4.69, 9.17) is 4.74 Å². The third-order valence-electron chi connectivity index (χ3n) is 2.98. The standard InChI is InChI=1S/C15H24N2O2/c1-12-11-13(5-7-14(12)19-4)6-8-15(18)16-9-10-17(2)3/h5,7,11H,6,8-10H2,1-4H3,(H,16,18). The van der Waals surface area contributed by atoms with Crippen molar-refractivity contribution < 1.29 is 9.53 Å². The van der Waals surface area contributed by atoms with Gasteiger partial charge in [-0.1, -0.05) is 12.1 Å². The van der Waals surface area contributed by atoms with E-state index in [2.05, 4.69) is 11.4 Å². The van der Waals surface area contributed by atoms with Crippen molar-refractivity contribution >= 4 is 5.91 Å². The van der Waals surface area contributed by atoms with Gasteiger partial charge in [-0.25, -0.2) is 0 Å². The predicted molar refractivity (Wildman–Crippen MR) is 77.6 cm³/mol. The number of amides is 1. The van der Waals surface area contributed by atoms with Crippen LogP contribution in [0.15, 0.2) is 18.2 Å². The number of hydrogen-bond donors (Lipinski definition) is 1. The number of methoxy groups -OCH3 is 1. The summed E-state index contributed by atoms with van der Waals surface area (Å²) in [6.07, 6.45) is 1.29. The maximum absolute atomic E-state index is 11.7. The zero-order chi connectivity index (χ0) is 14.3. The zero-order valence-electron chi connectivity index (χ0n) is 12.3. The molecule has 1 amide bonds. The molecular formula is C15H24N2O2. The van der Waals surface area contributed by atoms with Crippen LogP contribution in [0.1, 0.15) is 17.5 Å². The summed E-state index contributed by atoms with van der Waals surface area (Å²) in [7, 11) is 5.65. The summed E-state index contributed by atoms with van der Waals surface area (Å²) in [6, 6.07) is 6.04. The smallest absolute Gasteiger partial charge is 0.220 e. The van der Waals surface area contributed by atoms with E-state index in [-0.39, 0.29) is 5.91 Å². The Morgan fingerprint density at radius 3 is 2.68 bits per heavy atom. The summed E-state index contributed by atoms with van der Waals surface area (Å²) in [5.74, 6) is 0.995. The molecule has 4 heteroatoms. The number of aryl methyl sites for hydroxylation is 2. The van der Waals surface area contributed by atoms with E-state index >= 15 is 0 Å². The number of likely N-dealkylation sites (N-methyl/N-ethyl adjacent to an activating group) is 1. The molecule has 0 radical (unpaired) electrons. The lowest BCUT2D eigenvalue weighted by molar-refractivity contribution is -0.121. The molecule has 1 rings (SSSR count). The Bertz CT molecular complexity index is 417. The minimum atomic E-state index is 0.107. The van der Waals surface area contributed by atoms with E-state index in [1.807, 2.05) is 38.1 Å². The second-order valence-corrected chi connectivity index (χ2v) is 4.96.